The molecule has 1 aromatic carbocycles. The fraction of sp³-hybridized carbons (Fsp3) is 0.292. The normalized spacial score (nSPS) is 11.2. The fourth-order valence-electron chi connectivity index (χ4n) is 3.88. The standard InChI is InChI=1S/C24H24N4O5/c1-5-10-27-23(30)18-9-7-6-8-17(18)22(25-27)24(31)32-13-20(29)19-11-14(2)28(16(19)4)21-12-15(3)33-26-21/h6-9,11-12H,5,10,13H2,1-4H3. The number of rotatable bonds is 7. The molecule has 0 saturated heterocycles. The van der Waals surface area contributed by atoms with Crippen molar-refractivity contribution < 1.29 is 18.8 Å². The zero-order chi connectivity index (χ0) is 23.7. The number of ketones is 1. The summed E-state index contributed by atoms with van der Waals surface area (Å²) in [6, 6.07) is 10.2. The van der Waals surface area contributed by atoms with E-state index >= 15 is 0 Å². The van der Waals surface area contributed by atoms with Crippen molar-refractivity contribution in [1.82, 2.24) is 19.5 Å². The average Bonchev–Trinajstić information content (AvgIpc) is 3.35. The molecular weight excluding hydrogens is 424 g/mol. The first-order chi connectivity index (χ1) is 15.8. The molecule has 3 heterocycles. The molecule has 0 aliphatic heterocycles. The Morgan fingerprint density at radius 3 is 2.48 bits per heavy atom. The lowest BCUT2D eigenvalue weighted by atomic mass is 10.1. The first-order valence-corrected chi connectivity index (χ1v) is 10.6. The molecule has 0 saturated carbocycles. The molecule has 0 amide bonds. The van der Waals surface area contributed by atoms with Crippen LogP contribution in [0.1, 0.15) is 51.3 Å². The van der Waals surface area contributed by atoms with Gasteiger partial charge in [-0.05, 0) is 39.3 Å². The molecule has 0 aliphatic carbocycles. The molecule has 9 nitrogen and oxygen atoms in total. The van der Waals surface area contributed by atoms with Crippen LogP contribution in [0.15, 0.2) is 45.7 Å². The largest absolute Gasteiger partial charge is 0.452 e. The van der Waals surface area contributed by atoms with Crippen molar-refractivity contribution >= 4 is 22.5 Å². The quantitative estimate of drug-likeness (QED) is 0.314. The molecule has 4 aromatic rings. The monoisotopic (exact) mass is 448 g/mol. The third-order valence-corrected chi connectivity index (χ3v) is 5.41. The molecule has 0 radical (unpaired) electrons. The highest BCUT2D eigenvalue weighted by Crippen LogP contribution is 2.21. The summed E-state index contributed by atoms with van der Waals surface area (Å²) in [5.41, 5.74) is 1.64. The number of aryl methyl sites for hydroxylation is 3. The Morgan fingerprint density at radius 2 is 1.82 bits per heavy atom. The van der Waals surface area contributed by atoms with Gasteiger partial charge in [0, 0.05) is 34.9 Å². The molecule has 0 atom stereocenters. The molecule has 0 aliphatic rings. The maximum atomic E-state index is 12.9. The number of benzene rings is 1. The maximum Gasteiger partial charge on any atom is 0.359 e. The van der Waals surface area contributed by atoms with Crippen molar-refractivity contribution in [3.8, 4) is 5.82 Å². The molecule has 170 valence electrons. The van der Waals surface area contributed by atoms with Crippen LogP contribution in [0.5, 0.6) is 0 Å². The molecule has 0 spiro atoms. The summed E-state index contributed by atoms with van der Waals surface area (Å²) in [5, 5.41) is 9.00. The van der Waals surface area contributed by atoms with E-state index in [0.29, 0.717) is 46.6 Å². The summed E-state index contributed by atoms with van der Waals surface area (Å²) in [6.07, 6.45) is 0.679. The predicted octanol–water partition coefficient (Wildman–Crippen LogP) is 3.55. The van der Waals surface area contributed by atoms with Crippen LogP contribution in [0.25, 0.3) is 16.6 Å². The van der Waals surface area contributed by atoms with Gasteiger partial charge in [0.25, 0.3) is 5.56 Å². The van der Waals surface area contributed by atoms with Gasteiger partial charge in [-0.3, -0.25) is 14.2 Å². The average molecular weight is 448 g/mol. The Morgan fingerprint density at radius 1 is 1.09 bits per heavy atom. The van der Waals surface area contributed by atoms with Gasteiger partial charge in [-0.25, -0.2) is 9.48 Å². The van der Waals surface area contributed by atoms with Gasteiger partial charge in [-0.1, -0.05) is 30.3 Å². The first kappa shape index (κ1) is 22.2. The Kier molecular flexibility index (Phi) is 5.95. The smallest absolute Gasteiger partial charge is 0.359 e. The second kappa shape index (κ2) is 8.85. The number of nitrogens with zero attached hydrogens (tertiary/aromatic N) is 4. The van der Waals surface area contributed by atoms with E-state index in [2.05, 4.69) is 10.3 Å². The van der Waals surface area contributed by atoms with Crippen LogP contribution < -0.4 is 5.56 Å². The number of hydrogen-bond donors (Lipinski definition) is 0. The van der Waals surface area contributed by atoms with Crippen molar-refractivity contribution in [3.05, 3.63) is 75.2 Å². The summed E-state index contributed by atoms with van der Waals surface area (Å²) < 4.78 is 13.5. The van der Waals surface area contributed by atoms with Gasteiger partial charge < -0.3 is 9.26 Å². The summed E-state index contributed by atoms with van der Waals surface area (Å²) in [6.45, 7) is 7.27. The van der Waals surface area contributed by atoms with Crippen molar-refractivity contribution in [3.63, 3.8) is 0 Å². The van der Waals surface area contributed by atoms with Gasteiger partial charge in [0.15, 0.2) is 18.1 Å². The number of hydrogen-bond acceptors (Lipinski definition) is 7. The third-order valence-electron chi connectivity index (χ3n) is 5.41. The lowest BCUT2D eigenvalue weighted by Crippen LogP contribution is -2.27. The van der Waals surface area contributed by atoms with E-state index < -0.39 is 12.6 Å². The molecule has 3 aromatic heterocycles. The van der Waals surface area contributed by atoms with Gasteiger partial charge in [0.1, 0.15) is 5.76 Å². The molecule has 9 heteroatoms. The van der Waals surface area contributed by atoms with Crippen molar-refractivity contribution in [2.24, 2.45) is 0 Å². The number of carbonyl (C=O) groups excluding carboxylic acids is 2. The van der Waals surface area contributed by atoms with E-state index in [9.17, 15) is 14.4 Å². The van der Waals surface area contributed by atoms with E-state index in [1.54, 1.807) is 54.8 Å². The lowest BCUT2D eigenvalue weighted by Gasteiger charge is -2.10. The Balaban J connectivity index is 1.59. The van der Waals surface area contributed by atoms with Crippen molar-refractivity contribution in [2.45, 2.75) is 40.7 Å². The molecule has 0 unspecified atom stereocenters. The zero-order valence-electron chi connectivity index (χ0n) is 18.9. The fourth-order valence-corrected chi connectivity index (χ4v) is 3.88. The van der Waals surface area contributed by atoms with Crippen LogP contribution in [0.4, 0.5) is 0 Å². The van der Waals surface area contributed by atoms with Crippen molar-refractivity contribution in [2.75, 3.05) is 6.61 Å². The van der Waals surface area contributed by atoms with E-state index in [1.807, 2.05) is 13.8 Å². The topological polar surface area (TPSA) is 109 Å². The summed E-state index contributed by atoms with van der Waals surface area (Å²) >= 11 is 0. The molecule has 0 fully saturated rings. The van der Waals surface area contributed by atoms with Gasteiger partial charge in [-0.15, -0.1) is 0 Å². The number of carbonyl (C=O) groups is 2. The summed E-state index contributed by atoms with van der Waals surface area (Å²) in [5.74, 6) is 0.121. The van der Waals surface area contributed by atoms with Gasteiger partial charge in [0.05, 0.1) is 5.39 Å². The molecule has 4 rings (SSSR count). The second-order valence-corrected chi connectivity index (χ2v) is 7.84. The number of esters is 1. The molecule has 0 N–H and O–H groups in total. The van der Waals surface area contributed by atoms with Crippen LogP contribution in [-0.4, -0.2) is 37.9 Å². The molecular formula is C24H24N4O5. The minimum Gasteiger partial charge on any atom is -0.452 e. The van der Waals surface area contributed by atoms with Crippen LogP contribution in [0.2, 0.25) is 0 Å². The van der Waals surface area contributed by atoms with Gasteiger partial charge in [-0.2, -0.15) is 5.10 Å². The van der Waals surface area contributed by atoms with E-state index in [-0.39, 0.29) is 17.0 Å². The van der Waals surface area contributed by atoms with Gasteiger partial charge in [0.2, 0.25) is 5.78 Å². The van der Waals surface area contributed by atoms with Crippen molar-refractivity contribution in [1.29, 1.82) is 0 Å². The SMILES string of the molecule is CCCn1nc(C(=O)OCC(=O)c2cc(C)n(-c3cc(C)on3)c2C)c2ccccc2c1=O. The second-order valence-electron chi connectivity index (χ2n) is 7.84. The zero-order valence-corrected chi connectivity index (χ0v) is 18.9. The minimum absolute atomic E-state index is 0.00925. The first-order valence-electron chi connectivity index (χ1n) is 10.6. The molecule has 0 bridgehead atoms. The number of fused-ring (bicyclic) bond motifs is 1. The van der Waals surface area contributed by atoms with Crippen LogP contribution in [0, 0.1) is 20.8 Å². The van der Waals surface area contributed by atoms with E-state index in [4.69, 9.17) is 9.26 Å². The Bertz CT molecular complexity index is 1430. The Hall–Kier alpha value is -4.01. The van der Waals surface area contributed by atoms with Crippen LogP contribution in [0.3, 0.4) is 0 Å². The lowest BCUT2D eigenvalue weighted by molar-refractivity contribution is 0.0468. The number of ether oxygens (including phenoxy) is 1. The highest BCUT2D eigenvalue weighted by Gasteiger charge is 2.22. The minimum atomic E-state index is -0.759. The highest BCUT2D eigenvalue weighted by atomic mass is 16.5. The predicted molar refractivity (Wildman–Crippen MR) is 121 cm³/mol. The third kappa shape index (κ3) is 4.09. The Labute approximate surface area is 189 Å². The number of Topliss-reactive ketones (excluding diaryl/α,β-unsaturated/α-hetero) is 1. The maximum absolute atomic E-state index is 12.9. The van der Waals surface area contributed by atoms with E-state index in [0.717, 1.165) is 5.69 Å². The molecule has 33 heavy (non-hydrogen) atoms. The van der Waals surface area contributed by atoms with Gasteiger partial charge >= 0.3 is 5.97 Å². The summed E-state index contributed by atoms with van der Waals surface area (Å²) in [4.78, 5) is 38.4. The van der Waals surface area contributed by atoms with E-state index in [1.165, 1.54) is 4.68 Å². The summed E-state index contributed by atoms with van der Waals surface area (Å²) in [7, 11) is 0. The van der Waals surface area contributed by atoms with Crippen LogP contribution >= 0.6 is 0 Å². The highest BCUT2D eigenvalue weighted by molar-refractivity contribution is 6.04. The number of aromatic nitrogens is 4. The van der Waals surface area contributed by atoms with Crippen LogP contribution in [-0.2, 0) is 11.3 Å².